The normalized spacial score (nSPS) is 12.0. The van der Waals surface area contributed by atoms with E-state index in [-0.39, 0.29) is 17.6 Å². The zero-order valence-electron chi connectivity index (χ0n) is 15.0. The molecule has 5 heteroatoms. The molecular formula is C22H20ClFN2O. The molecule has 0 saturated carbocycles. The number of hydrogen-bond donors (Lipinski definition) is 1. The number of rotatable bonds is 6. The van der Waals surface area contributed by atoms with Gasteiger partial charge in [0.05, 0.1) is 11.9 Å². The van der Waals surface area contributed by atoms with Gasteiger partial charge in [-0.15, -0.1) is 0 Å². The lowest BCUT2D eigenvalue weighted by molar-refractivity contribution is -0.119. The number of carbonyl (C=O) groups is 1. The topological polar surface area (TPSA) is 42.0 Å². The summed E-state index contributed by atoms with van der Waals surface area (Å²) in [6.07, 6.45) is 2.41. The van der Waals surface area contributed by atoms with E-state index in [0.717, 1.165) is 11.1 Å². The lowest BCUT2D eigenvalue weighted by Gasteiger charge is -2.18. The molecule has 1 heterocycles. The number of aromatic nitrogens is 1. The summed E-state index contributed by atoms with van der Waals surface area (Å²) in [5.41, 5.74) is 2.68. The third-order valence-corrected chi connectivity index (χ3v) is 4.69. The largest absolute Gasteiger partial charge is 0.324 e. The molecule has 2 aromatic carbocycles. The van der Waals surface area contributed by atoms with Crippen molar-refractivity contribution in [1.29, 1.82) is 0 Å². The van der Waals surface area contributed by atoms with Crippen LogP contribution < -0.4 is 5.32 Å². The highest BCUT2D eigenvalue weighted by Crippen LogP contribution is 2.27. The first-order valence-electron chi connectivity index (χ1n) is 8.67. The van der Waals surface area contributed by atoms with Crippen molar-refractivity contribution in [1.82, 2.24) is 4.98 Å². The number of pyridine rings is 1. The van der Waals surface area contributed by atoms with Crippen molar-refractivity contribution in [2.75, 3.05) is 5.32 Å². The van der Waals surface area contributed by atoms with Crippen LogP contribution in [-0.2, 0) is 11.2 Å². The van der Waals surface area contributed by atoms with Gasteiger partial charge in [-0.3, -0.25) is 9.78 Å². The van der Waals surface area contributed by atoms with E-state index in [1.165, 1.54) is 12.3 Å². The van der Waals surface area contributed by atoms with Crippen molar-refractivity contribution in [3.8, 4) is 0 Å². The number of amides is 1. The third kappa shape index (κ3) is 4.52. The molecule has 0 radical (unpaired) electrons. The molecule has 1 N–H and O–H groups in total. The van der Waals surface area contributed by atoms with Crippen LogP contribution in [0.4, 0.5) is 10.1 Å². The summed E-state index contributed by atoms with van der Waals surface area (Å²) >= 11 is 5.98. The molecule has 0 saturated heterocycles. The molecule has 0 aliphatic rings. The Hall–Kier alpha value is -2.72. The first-order chi connectivity index (χ1) is 13.0. The van der Waals surface area contributed by atoms with Crippen molar-refractivity contribution in [3.63, 3.8) is 0 Å². The fourth-order valence-corrected chi connectivity index (χ4v) is 3.29. The zero-order valence-corrected chi connectivity index (χ0v) is 15.8. The van der Waals surface area contributed by atoms with Gasteiger partial charge >= 0.3 is 0 Å². The van der Waals surface area contributed by atoms with Gasteiger partial charge in [-0.2, -0.15) is 0 Å². The van der Waals surface area contributed by atoms with Gasteiger partial charge in [-0.25, -0.2) is 4.39 Å². The van der Waals surface area contributed by atoms with Crippen molar-refractivity contribution in [2.24, 2.45) is 5.92 Å². The Morgan fingerprint density at radius 2 is 1.96 bits per heavy atom. The average Bonchev–Trinajstić information content (AvgIpc) is 2.64. The molecule has 3 rings (SSSR count). The minimum absolute atomic E-state index is 0.165. The van der Waals surface area contributed by atoms with Crippen molar-refractivity contribution in [3.05, 3.63) is 83.3 Å². The molecule has 138 valence electrons. The van der Waals surface area contributed by atoms with Crippen LogP contribution in [-0.4, -0.2) is 10.9 Å². The van der Waals surface area contributed by atoms with Crippen molar-refractivity contribution >= 4 is 34.1 Å². The maximum absolute atomic E-state index is 13.9. The van der Waals surface area contributed by atoms with E-state index in [9.17, 15) is 9.18 Å². The van der Waals surface area contributed by atoms with Crippen LogP contribution in [0.15, 0.2) is 66.3 Å². The molecule has 0 unspecified atom stereocenters. The molecule has 0 fully saturated rings. The number of hydrogen-bond acceptors (Lipinski definition) is 2. The van der Waals surface area contributed by atoms with E-state index in [0.29, 0.717) is 34.5 Å². The minimum Gasteiger partial charge on any atom is -0.324 e. The van der Waals surface area contributed by atoms with Gasteiger partial charge in [0, 0.05) is 16.3 Å². The number of aryl methyl sites for hydroxylation is 1. The van der Waals surface area contributed by atoms with E-state index in [4.69, 9.17) is 11.6 Å². The Balaban J connectivity index is 1.85. The first kappa shape index (κ1) is 19.1. The highest BCUT2D eigenvalue weighted by molar-refractivity contribution is 6.29. The molecule has 27 heavy (non-hydrogen) atoms. The Morgan fingerprint density at radius 3 is 2.67 bits per heavy atom. The van der Waals surface area contributed by atoms with E-state index in [1.54, 1.807) is 12.1 Å². The molecule has 0 spiro atoms. The Labute approximate surface area is 162 Å². The SMILES string of the molecule is C=C(Cl)C[C@H](Cc1ccccc1)C(=O)Nc1cnc2c(F)cccc2c1C. The lowest BCUT2D eigenvalue weighted by Crippen LogP contribution is -2.25. The van der Waals surface area contributed by atoms with Gasteiger partial charge in [0.15, 0.2) is 0 Å². The number of halogens is 2. The number of benzene rings is 2. The smallest absolute Gasteiger partial charge is 0.228 e. The fourth-order valence-electron chi connectivity index (χ4n) is 3.10. The summed E-state index contributed by atoms with van der Waals surface area (Å²) in [4.78, 5) is 17.1. The van der Waals surface area contributed by atoms with Crippen LogP contribution in [0.2, 0.25) is 0 Å². The Kier molecular flexibility index (Phi) is 5.87. The molecule has 1 atom stereocenters. The number of para-hydroxylation sites is 1. The quantitative estimate of drug-likeness (QED) is 0.601. The number of fused-ring (bicyclic) bond motifs is 1. The average molecular weight is 383 g/mol. The second-order valence-electron chi connectivity index (χ2n) is 6.53. The van der Waals surface area contributed by atoms with Crippen LogP contribution in [0.25, 0.3) is 10.9 Å². The van der Waals surface area contributed by atoms with Gasteiger partial charge in [0.1, 0.15) is 11.3 Å². The molecule has 0 aliphatic carbocycles. The van der Waals surface area contributed by atoms with Crippen LogP contribution in [0.1, 0.15) is 17.5 Å². The minimum atomic E-state index is -0.381. The van der Waals surface area contributed by atoms with E-state index >= 15 is 0 Å². The third-order valence-electron chi connectivity index (χ3n) is 4.54. The van der Waals surface area contributed by atoms with E-state index in [2.05, 4.69) is 16.9 Å². The maximum atomic E-state index is 13.9. The maximum Gasteiger partial charge on any atom is 0.228 e. The molecule has 3 nitrogen and oxygen atoms in total. The molecule has 1 aromatic heterocycles. The van der Waals surface area contributed by atoms with Crippen LogP contribution in [0, 0.1) is 18.7 Å². The second-order valence-corrected chi connectivity index (χ2v) is 7.06. The molecule has 3 aromatic rings. The second kappa shape index (κ2) is 8.31. The number of nitrogens with one attached hydrogen (secondary N) is 1. The number of nitrogens with zero attached hydrogens (tertiary/aromatic N) is 1. The highest BCUT2D eigenvalue weighted by Gasteiger charge is 2.21. The monoisotopic (exact) mass is 382 g/mol. The van der Waals surface area contributed by atoms with Crippen LogP contribution in [0.3, 0.4) is 0 Å². The fraction of sp³-hybridized carbons (Fsp3) is 0.182. The first-order valence-corrected chi connectivity index (χ1v) is 9.05. The summed E-state index contributed by atoms with van der Waals surface area (Å²) < 4.78 is 13.9. The van der Waals surface area contributed by atoms with Gasteiger partial charge < -0.3 is 5.32 Å². The number of carbonyl (C=O) groups excluding carboxylic acids is 1. The number of allylic oxidation sites excluding steroid dienone is 1. The van der Waals surface area contributed by atoms with Crippen molar-refractivity contribution < 1.29 is 9.18 Å². The van der Waals surface area contributed by atoms with E-state index < -0.39 is 0 Å². The zero-order chi connectivity index (χ0) is 19.4. The van der Waals surface area contributed by atoms with Crippen molar-refractivity contribution in [2.45, 2.75) is 19.8 Å². The highest BCUT2D eigenvalue weighted by atomic mass is 35.5. The molecule has 0 aliphatic heterocycles. The Bertz CT molecular complexity index is 988. The Morgan fingerprint density at radius 1 is 1.22 bits per heavy atom. The summed E-state index contributed by atoms with van der Waals surface area (Å²) in [5, 5.41) is 4.03. The molecule has 1 amide bonds. The van der Waals surface area contributed by atoms with Gasteiger partial charge in [-0.05, 0) is 37.0 Å². The van der Waals surface area contributed by atoms with E-state index in [1.807, 2.05) is 37.3 Å². The van der Waals surface area contributed by atoms with Gasteiger partial charge in [0.2, 0.25) is 5.91 Å². The molecule has 0 bridgehead atoms. The molecular weight excluding hydrogens is 363 g/mol. The predicted molar refractivity (Wildman–Crippen MR) is 108 cm³/mol. The van der Waals surface area contributed by atoms with Gasteiger partial charge in [0.25, 0.3) is 0 Å². The van der Waals surface area contributed by atoms with Crippen LogP contribution in [0.5, 0.6) is 0 Å². The van der Waals surface area contributed by atoms with Gasteiger partial charge in [-0.1, -0.05) is 60.6 Å². The summed E-state index contributed by atoms with van der Waals surface area (Å²) in [6, 6.07) is 14.5. The standard InChI is InChI=1S/C22H20ClFN2O/c1-14(23)11-17(12-16-7-4-3-5-8-16)22(27)26-20-13-25-21-18(15(20)2)9-6-10-19(21)24/h3-10,13,17H,1,11-12H2,2H3,(H,26,27)/t17-/m1/s1. The summed E-state index contributed by atoms with van der Waals surface area (Å²) in [6.45, 7) is 5.56. The summed E-state index contributed by atoms with van der Waals surface area (Å²) in [5.74, 6) is -0.907. The number of anilines is 1. The predicted octanol–water partition coefficient (Wildman–Crippen LogP) is 5.62. The van der Waals surface area contributed by atoms with Crippen LogP contribution >= 0.6 is 11.6 Å². The lowest BCUT2D eigenvalue weighted by atomic mass is 9.95. The summed E-state index contributed by atoms with van der Waals surface area (Å²) in [7, 11) is 0.